The molecule has 0 bridgehead atoms. The molecule has 0 amide bonds. The van der Waals surface area contributed by atoms with Crippen molar-refractivity contribution in [1.82, 2.24) is 0 Å². The Bertz CT molecular complexity index is 680. The van der Waals surface area contributed by atoms with Crippen LogP contribution in [0.4, 0.5) is 5.69 Å². The second-order valence-corrected chi connectivity index (χ2v) is 4.72. The molecule has 0 aromatic heterocycles. The molecular weight excluding hydrogens is 288 g/mol. The number of nitrogens with zero attached hydrogens (tertiary/aromatic N) is 1. The van der Waals surface area contributed by atoms with Gasteiger partial charge >= 0.3 is 0 Å². The SMILES string of the molecule is COc1cc(OC)c(NCc2ccccc2C#N)cc1Cl. The maximum absolute atomic E-state index is 9.09. The highest BCUT2D eigenvalue weighted by Gasteiger charge is 2.10. The number of anilines is 1. The molecule has 0 saturated heterocycles. The van der Waals surface area contributed by atoms with E-state index in [1.807, 2.05) is 18.2 Å². The average molecular weight is 303 g/mol. The molecule has 108 valence electrons. The molecule has 21 heavy (non-hydrogen) atoms. The summed E-state index contributed by atoms with van der Waals surface area (Å²) in [5.41, 5.74) is 2.30. The van der Waals surface area contributed by atoms with Gasteiger partial charge in [0, 0.05) is 12.6 Å². The number of nitriles is 1. The summed E-state index contributed by atoms with van der Waals surface area (Å²) in [6.45, 7) is 0.503. The van der Waals surface area contributed by atoms with Crippen molar-refractivity contribution in [3.05, 3.63) is 52.5 Å². The molecule has 0 spiro atoms. The van der Waals surface area contributed by atoms with Gasteiger partial charge in [-0.25, -0.2) is 0 Å². The van der Waals surface area contributed by atoms with Gasteiger partial charge in [-0.1, -0.05) is 29.8 Å². The largest absolute Gasteiger partial charge is 0.495 e. The fourth-order valence-electron chi connectivity index (χ4n) is 1.97. The molecule has 0 unspecified atom stereocenters. The molecular formula is C16H15ClN2O2. The van der Waals surface area contributed by atoms with Crippen LogP contribution >= 0.6 is 11.6 Å². The molecule has 0 aliphatic carbocycles. The Morgan fingerprint density at radius 1 is 1.14 bits per heavy atom. The van der Waals surface area contributed by atoms with Gasteiger partial charge in [-0.3, -0.25) is 0 Å². The molecule has 1 N–H and O–H groups in total. The fraction of sp³-hybridized carbons (Fsp3) is 0.188. The highest BCUT2D eigenvalue weighted by Crippen LogP contribution is 2.36. The van der Waals surface area contributed by atoms with E-state index in [2.05, 4.69) is 11.4 Å². The first-order valence-electron chi connectivity index (χ1n) is 6.33. The monoisotopic (exact) mass is 302 g/mol. The lowest BCUT2D eigenvalue weighted by Gasteiger charge is -2.14. The zero-order chi connectivity index (χ0) is 15.2. The second kappa shape index (κ2) is 6.87. The summed E-state index contributed by atoms with van der Waals surface area (Å²) in [6.07, 6.45) is 0. The maximum atomic E-state index is 9.09. The van der Waals surface area contributed by atoms with E-state index < -0.39 is 0 Å². The van der Waals surface area contributed by atoms with E-state index in [1.165, 1.54) is 0 Å². The summed E-state index contributed by atoms with van der Waals surface area (Å²) < 4.78 is 10.5. The van der Waals surface area contributed by atoms with Crippen molar-refractivity contribution in [2.75, 3.05) is 19.5 Å². The molecule has 0 radical (unpaired) electrons. The van der Waals surface area contributed by atoms with Crippen molar-refractivity contribution in [2.24, 2.45) is 0 Å². The molecule has 0 aliphatic heterocycles. The molecule has 0 fully saturated rings. The first-order valence-corrected chi connectivity index (χ1v) is 6.70. The van der Waals surface area contributed by atoms with Crippen LogP contribution in [-0.4, -0.2) is 14.2 Å². The molecule has 0 aliphatic rings. The summed E-state index contributed by atoms with van der Waals surface area (Å²) in [4.78, 5) is 0. The summed E-state index contributed by atoms with van der Waals surface area (Å²) in [5, 5.41) is 12.8. The second-order valence-electron chi connectivity index (χ2n) is 4.31. The summed E-state index contributed by atoms with van der Waals surface area (Å²) in [6, 6.07) is 13.1. The number of rotatable bonds is 5. The van der Waals surface area contributed by atoms with Crippen molar-refractivity contribution in [3.8, 4) is 17.6 Å². The number of ether oxygens (including phenoxy) is 2. The van der Waals surface area contributed by atoms with Crippen LogP contribution in [0.25, 0.3) is 0 Å². The van der Waals surface area contributed by atoms with Gasteiger partial charge in [0.2, 0.25) is 0 Å². The van der Waals surface area contributed by atoms with Crippen LogP contribution in [0.5, 0.6) is 11.5 Å². The normalized spacial score (nSPS) is 9.81. The van der Waals surface area contributed by atoms with E-state index >= 15 is 0 Å². The number of benzene rings is 2. The highest BCUT2D eigenvalue weighted by molar-refractivity contribution is 6.32. The average Bonchev–Trinajstić information content (AvgIpc) is 2.53. The summed E-state index contributed by atoms with van der Waals surface area (Å²) >= 11 is 6.13. The molecule has 0 atom stereocenters. The van der Waals surface area contributed by atoms with Gasteiger partial charge in [0.05, 0.1) is 36.6 Å². The van der Waals surface area contributed by atoms with Crippen LogP contribution in [-0.2, 0) is 6.54 Å². The van der Waals surface area contributed by atoms with Gasteiger partial charge in [0.1, 0.15) is 11.5 Å². The van der Waals surface area contributed by atoms with Crippen LogP contribution in [0.3, 0.4) is 0 Å². The van der Waals surface area contributed by atoms with Crippen molar-refractivity contribution in [2.45, 2.75) is 6.54 Å². The Balaban J connectivity index is 2.24. The number of nitrogens with one attached hydrogen (secondary N) is 1. The lowest BCUT2D eigenvalue weighted by Crippen LogP contribution is -2.03. The molecule has 2 rings (SSSR count). The molecule has 5 heteroatoms. The van der Waals surface area contributed by atoms with Gasteiger partial charge in [-0.2, -0.15) is 5.26 Å². The van der Waals surface area contributed by atoms with E-state index in [1.54, 1.807) is 32.4 Å². The molecule has 2 aromatic carbocycles. The van der Waals surface area contributed by atoms with E-state index in [-0.39, 0.29) is 0 Å². The predicted molar refractivity (Wildman–Crippen MR) is 83.0 cm³/mol. The van der Waals surface area contributed by atoms with Crippen LogP contribution in [0.1, 0.15) is 11.1 Å². The van der Waals surface area contributed by atoms with Crippen molar-refractivity contribution < 1.29 is 9.47 Å². The molecule has 2 aromatic rings. The van der Waals surface area contributed by atoms with Gasteiger partial charge in [-0.15, -0.1) is 0 Å². The number of hydrogen-bond donors (Lipinski definition) is 1. The van der Waals surface area contributed by atoms with Crippen LogP contribution in [0.2, 0.25) is 5.02 Å². The van der Waals surface area contributed by atoms with E-state index in [4.69, 9.17) is 26.3 Å². The Hall–Kier alpha value is -2.38. The van der Waals surface area contributed by atoms with Crippen LogP contribution < -0.4 is 14.8 Å². The van der Waals surface area contributed by atoms with Crippen LogP contribution in [0.15, 0.2) is 36.4 Å². The Morgan fingerprint density at radius 3 is 2.52 bits per heavy atom. The quantitative estimate of drug-likeness (QED) is 0.911. The smallest absolute Gasteiger partial charge is 0.145 e. The third kappa shape index (κ3) is 3.39. The topological polar surface area (TPSA) is 54.3 Å². The Kier molecular flexibility index (Phi) is 4.91. The van der Waals surface area contributed by atoms with E-state index in [9.17, 15) is 0 Å². The standard InChI is InChI=1S/C16H15ClN2O2/c1-20-15-8-16(21-2)14(7-13(15)17)19-10-12-6-4-3-5-11(12)9-18/h3-8,19H,10H2,1-2H3. The lowest BCUT2D eigenvalue weighted by molar-refractivity contribution is 0.395. The van der Waals surface area contributed by atoms with E-state index in [0.29, 0.717) is 28.6 Å². The fourth-order valence-corrected chi connectivity index (χ4v) is 2.21. The van der Waals surface area contributed by atoms with E-state index in [0.717, 1.165) is 11.3 Å². The minimum atomic E-state index is 0.495. The third-order valence-electron chi connectivity index (χ3n) is 3.08. The maximum Gasteiger partial charge on any atom is 0.145 e. The zero-order valence-corrected chi connectivity index (χ0v) is 12.6. The van der Waals surface area contributed by atoms with Crippen molar-refractivity contribution in [1.29, 1.82) is 5.26 Å². The number of hydrogen-bond acceptors (Lipinski definition) is 4. The summed E-state index contributed by atoms with van der Waals surface area (Å²) in [5.74, 6) is 1.18. The number of methoxy groups -OCH3 is 2. The van der Waals surface area contributed by atoms with Crippen molar-refractivity contribution >= 4 is 17.3 Å². The minimum Gasteiger partial charge on any atom is -0.495 e. The predicted octanol–water partition coefficient (Wildman–Crippen LogP) is 3.84. The Labute approximate surface area is 128 Å². The summed E-state index contributed by atoms with van der Waals surface area (Å²) in [7, 11) is 3.13. The molecule has 0 saturated carbocycles. The first kappa shape index (κ1) is 15.0. The molecule has 0 heterocycles. The Morgan fingerprint density at radius 2 is 1.86 bits per heavy atom. The third-order valence-corrected chi connectivity index (χ3v) is 3.38. The molecule has 4 nitrogen and oxygen atoms in total. The minimum absolute atomic E-state index is 0.495. The van der Waals surface area contributed by atoms with Crippen molar-refractivity contribution in [3.63, 3.8) is 0 Å². The first-order chi connectivity index (χ1) is 10.2. The lowest BCUT2D eigenvalue weighted by atomic mass is 10.1. The number of halogens is 1. The van der Waals surface area contributed by atoms with Gasteiger partial charge in [-0.05, 0) is 17.7 Å². The van der Waals surface area contributed by atoms with Gasteiger partial charge in [0.15, 0.2) is 0 Å². The highest BCUT2D eigenvalue weighted by atomic mass is 35.5. The van der Waals surface area contributed by atoms with Crippen LogP contribution in [0, 0.1) is 11.3 Å². The van der Waals surface area contributed by atoms with Gasteiger partial charge < -0.3 is 14.8 Å². The van der Waals surface area contributed by atoms with Gasteiger partial charge in [0.25, 0.3) is 0 Å². The zero-order valence-electron chi connectivity index (χ0n) is 11.8.